The Morgan fingerprint density at radius 3 is 1.32 bits per heavy atom. The van der Waals surface area contributed by atoms with E-state index in [-0.39, 0.29) is 0 Å². The minimum atomic E-state index is 0.582. The minimum absolute atomic E-state index is 0.582. The zero-order chi connectivity index (χ0) is 19.9. The van der Waals surface area contributed by atoms with E-state index in [4.69, 9.17) is 0 Å². The van der Waals surface area contributed by atoms with Crippen LogP contribution in [-0.4, -0.2) is 0 Å². The summed E-state index contributed by atoms with van der Waals surface area (Å²) in [6.45, 7) is 0. The number of allylic oxidation sites excluding steroid dienone is 2. The number of nitriles is 2. The standard InChI is InChI=1S/C24H14Br2N2/c25-23-14-20(12-22(16-28)18-9-5-2-6-10-18)24(26)13-19(23)11-21(15-27)17-7-3-1-4-8-17/h1-14H/b21-11+,22-12+. The van der Waals surface area contributed by atoms with Crippen LogP contribution in [0.4, 0.5) is 0 Å². The lowest BCUT2D eigenvalue weighted by molar-refractivity contribution is 1.50. The maximum absolute atomic E-state index is 9.54. The Bertz CT molecular complexity index is 1040. The van der Waals surface area contributed by atoms with Gasteiger partial charge in [-0.25, -0.2) is 0 Å². The summed E-state index contributed by atoms with van der Waals surface area (Å²) >= 11 is 7.19. The molecule has 0 atom stereocenters. The second-order valence-corrected chi connectivity index (χ2v) is 7.68. The molecule has 2 nitrogen and oxygen atoms in total. The van der Waals surface area contributed by atoms with Crippen molar-refractivity contribution in [3.63, 3.8) is 0 Å². The molecule has 0 aliphatic rings. The van der Waals surface area contributed by atoms with E-state index in [9.17, 15) is 10.5 Å². The zero-order valence-electron chi connectivity index (χ0n) is 14.7. The molecular weight excluding hydrogens is 476 g/mol. The average molecular weight is 490 g/mol. The Kier molecular flexibility index (Phi) is 6.61. The zero-order valence-corrected chi connectivity index (χ0v) is 17.9. The smallest absolute Gasteiger partial charge is 0.0998 e. The number of nitrogens with zero attached hydrogens (tertiary/aromatic N) is 2. The normalized spacial score (nSPS) is 11.6. The highest BCUT2D eigenvalue weighted by Gasteiger charge is 2.08. The average Bonchev–Trinajstić information content (AvgIpc) is 2.74. The molecule has 0 spiro atoms. The van der Waals surface area contributed by atoms with Crippen molar-refractivity contribution in [1.82, 2.24) is 0 Å². The number of halogens is 2. The maximum atomic E-state index is 9.54. The molecule has 0 unspecified atom stereocenters. The molecule has 0 radical (unpaired) electrons. The Hall–Kier alpha value is -2.92. The SMILES string of the molecule is N#C/C(=C\c1cc(Br)c(/C=C(\C#N)c2ccccc2)cc1Br)c1ccccc1. The van der Waals surface area contributed by atoms with E-state index in [1.165, 1.54) is 0 Å². The molecule has 3 aromatic carbocycles. The van der Waals surface area contributed by atoms with Crippen molar-refractivity contribution >= 4 is 55.2 Å². The lowest BCUT2D eigenvalue weighted by Crippen LogP contribution is -1.87. The summed E-state index contributed by atoms with van der Waals surface area (Å²) in [7, 11) is 0. The number of benzene rings is 3. The highest BCUT2D eigenvalue weighted by atomic mass is 79.9. The van der Waals surface area contributed by atoms with Gasteiger partial charge in [0.1, 0.15) is 0 Å². The first-order chi connectivity index (χ1) is 13.6. The van der Waals surface area contributed by atoms with Crippen LogP contribution in [0.25, 0.3) is 23.3 Å². The lowest BCUT2D eigenvalue weighted by Gasteiger charge is -2.07. The van der Waals surface area contributed by atoms with Gasteiger partial charge in [-0.3, -0.25) is 0 Å². The lowest BCUT2D eigenvalue weighted by atomic mass is 10.0. The van der Waals surface area contributed by atoms with Crippen LogP contribution >= 0.6 is 31.9 Å². The van der Waals surface area contributed by atoms with E-state index in [1.54, 1.807) is 0 Å². The summed E-state index contributed by atoms with van der Waals surface area (Å²) in [5, 5.41) is 19.1. The molecule has 134 valence electrons. The molecule has 0 aliphatic carbocycles. The van der Waals surface area contributed by atoms with Crippen LogP contribution in [0.5, 0.6) is 0 Å². The third-order valence-corrected chi connectivity index (χ3v) is 5.50. The van der Waals surface area contributed by atoms with Gasteiger partial charge in [0.25, 0.3) is 0 Å². The van der Waals surface area contributed by atoms with Gasteiger partial charge in [-0.05, 0) is 46.5 Å². The summed E-state index contributed by atoms with van der Waals surface area (Å²) in [4.78, 5) is 0. The van der Waals surface area contributed by atoms with E-state index >= 15 is 0 Å². The van der Waals surface area contributed by atoms with Gasteiger partial charge in [0.2, 0.25) is 0 Å². The molecule has 4 heteroatoms. The Morgan fingerprint density at radius 1 is 0.643 bits per heavy atom. The van der Waals surface area contributed by atoms with E-state index in [1.807, 2.05) is 84.9 Å². The van der Waals surface area contributed by atoms with Crippen molar-refractivity contribution in [2.45, 2.75) is 0 Å². The molecule has 0 amide bonds. The van der Waals surface area contributed by atoms with Gasteiger partial charge in [-0.1, -0.05) is 92.5 Å². The molecule has 0 aliphatic heterocycles. The van der Waals surface area contributed by atoms with Crippen molar-refractivity contribution < 1.29 is 0 Å². The molecule has 0 bridgehead atoms. The van der Waals surface area contributed by atoms with Crippen molar-refractivity contribution in [2.75, 3.05) is 0 Å². The largest absolute Gasteiger partial charge is 0.192 e. The Labute approximate surface area is 181 Å². The molecule has 0 saturated carbocycles. The fraction of sp³-hybridized carbons (Fsp3) is 0. The summed E-state index contributed by atoms with van der Waals surface area (Å²) < 4.78 is 1.69. The fourth-order valence-electron chi connectivity index (χ4n) is 2.71. The van der Waals surface area contributed by atoms with Crippen molar-refractivity contribution in [1.29, 1.82) is 10.5 Å². The highest BCUT2D eigenvalue weighted by Crippen LogP contribution is 2.31. The van der Waals surface area contributed by atoms with Crippen LogP contribution in [0, 0.1) is 22.7 Å². The van der Waals surface area contributed by atoms with Gasteiger partial charge in [0.15, 0.2) is 0 Å². The third kappa shape index (κ3) is 4.67. The van der Waals surface area contributed by atoms with Crippen molar-refractivity contribution in [3.05, 3.63) is 104 Å². The summed E-state index contributed by atoms with van der Waals surface area (Å²) in [6.07, 6.45) is 3.69. The highest BCUT2D eigenvalue weighted by molar-refractivity contribution is 9.11. The van der Waals surface area contributed by atoms with Gasteiger partial charge in [-0.15, -0.1) is 0 Å². The van der Waals surface area contributed by atoms with E-state index in [0.717, 1.165) is 31.2 Å². The predicted molar refractivity (Wildman–Crippen MR) is 122 cm³/mol. The second-order valence-electron chi connectivity index (χ2n) is 5.97. The molecule has 0 fully saturated rings. The van der Waals surface area contributed by atoms with Gasteiger partial charge in [0, 0.05) is 8.95 Å². The minimum Gasteiger partial charge on any atom is -0.192 e. The number of hydrogen-bond acceptors (Lipinski definition) is 2. The van der Waals surface area contributed by atoms with Crippen LogP contribution in [0.3, 0.4) is 0 Å². The van der Waals surface area contributed by atoms with Gasteiger partial charge < -0.3 is 0 Å². The second kappa shape index (κ2) is 9.33. The van der Waals surface area contributed by atoms with E-state index < -0.39 is 0 Å². The molecule has 0 saturated heterocycles. The molecule has 0 heterocycles. The molecule has 28 heavy (non-hydrogen) atoms. The van der Waals surface area contributed by atoms with Crippen molar-refractivity contribution in [2.24, 2.45) is 0 Å². The van der Waals surface area contributed by atoms with Gasteiger partial charge >= 0.3 is 0 Å². The van der Waals surface area contributed by atoms with Crippen LogP contribution in [0.2, 0.25) is 0 Å². The summed E-state index contributed by atoms with van der Waals surface area (Å²) in [5.41, 5.74) is 4.66. The first-order valence-corrected chi connectivity index (χ1v) is 10.0. The Balaban J connectivity index is 2.02. The first-order valence-electron chi connectivity index (χ1n) is 8.46. The molecule has 3 rings (SSSR count). The fourth-order valence-corrected chi connectivity index (χ4v) is 3.66. The predicted octanol–water partition coefficient (Wildman–Crippen LogP) is 7.34. The molecule has 0 aromatic heterocycles. The first kappa shape index (κ1) is 19.8. The van der Waals surface area contributed by atoms with Crippen molar-refractivity contribution in [3.8, 4) is 12.1 Å². The molecule has 3 aromatic rings. The monoisotopic (exact) mass is 488 g/mol. The van der Waals surface area contributed by atoms with E-state index in [2.05, 4.69) is 44.0 Å². The van der Waals surface area contributed by atoms with Gasteiger partial charge in [-0.2, -0.15) is 10.5 Å². The molecular formula is C24H14Br2N2. The third-order valence-electron chi connectivity index (χ3n) is 4.13. The Morgan fingerprint density at radius 2 is 1.00 bits per heavy atom. The quantitative estimate of drug-likeness (QED) is 0.284. The van der Waals surface area contributed by atoms with Crippen LogP contribution < -0.4 is 0 Å². The maximum Gasteiger partial charge on any atom is 0.0998 e. The topological polar surface area (TPSA) is 47.6 Å². The van der Waals surface area contributed by atoms with Gasteiger partial charge in [0.05, 0.1) is 23.3 Å². The number of rotatable bonds is 4. The molecule has 0 N–H and O–H groups in total. The number of hydrogen-bond donors (Lipinski definition) is 0. The van der Waals surface area contributed by atoms with Crippen LogP contribution in [0.1, 0.15) is 22.3 Å². The van der Waals surface area contributed by atoms with Crippen LogP contribution in [-0.2, 0) is 0 Å². The van der Waals surface area contributed by atoms with Crippen LogP contribution in [0.15, 0.2) is 81.7 Å². The summed E-state index contributed by atoms with van der Waals surface area (Å²) in [5.74, 6) is 0. The van der Waals surface area contributed by atoms with E-state index in [0.29, 0.717) is 11.1 Å². The summed E-state index contributed by atoms with van der Waals surface area (Å²) in [6, 6.07) is 27.5.